The van der Waals surface area contributed by atoms with Crippen molar-refractivity contribution < 1.29 is 0 Å². The lowest BCUT2D eigenvalue weighted by molar-refractivity contribution is 0.623. The monoisotopic (exact) mass is 204 g/mol. The molecule has 74 valence electrons. The standard InChI is InChI=1S/C10H24SSi/c1-4-5-6-7-8-9-10-12(2,3)11/h11H,4-10H2,1-3H3. The first-order valence-corrected chi connectivity index (χ1v) is 9.78. The first-order valence-electron chi connectivity index (χ1n) is 5.28. The molecule has 0 nitrogen and oxygen atoms in total. The molecular formula is C10H24SSi. The topological polar surface area (TPSA) is 0 Å². The van der Waals surface area contributed by atoms with E-state index < -0.39 is 7.22 Å². The zero-order valence-electron chi connectivity index (χ0n) is 8.90. The Morgan fingerprint density at radius 2 is 1.42 bits per heavy atom. The molecule has 0 aliphatic rings. The van der Waals surface area contributed by atoms with Crippen molar-refractivity contribution in [3.63, 3.8) is 0 Å². The molecule has 0 aliphatic heterocycles. The van der Waals surface area contributed by atoms with Crippen molar-refractivity contribution in [1.82, 2.24) is 0 Å². The van der Waals surface area contributed by atoms with Crippen LogP contribution in [0.4, 0.5) is 0 Å². The van der Waals surface area contributed by atoms with Gasteiger partial charge in [0.05, 0.1) is 0 Å². The average molecular weight is 204 g/mol. The fraction of sp³-hybridized carbons (Fsp3) is 1.00. The summed E-state index contributed by atoms with van der Waals surface area (Å²) in [7, 11) is -1.03. The molecule has 0 heterocycles. The molecule has 0 atom stereocenters. The highest BCUT2D eigenvalue weighted by Gasteiger charge is 2.12. The molecule has 0 saturated carbocycles. The van der Waals surface area contributed by atoms with Crippen molar-refractivity contribution in [3.05, 3.63) is 0 Å². The van der Waals surface area contributed by atoms with Gasteiger partial charge in [0.25, 0.3) is 0 Å². The number of hydrogen-bond acceptors (Lipinski definition) is 1. The van der Waals surface area contributed by atoms with Gasteiger partial charge in [0.1, 0.15) is 7.22 Å². The zero-order valence-corrected chi connectivity index (χ0v) is 10.8. The normalized spacial score (nSPS) is 12.0. The largest absolute Gasteiger partial charge is 0.202 e. The third-order valence-electron chi connectivity index (χ3n) is 2.14. The first-order chi connectivity index (χ1) is 5.56. The van der Waals surface area contributed by atoms with Gasteiger partial charge >= 0.3 is 0 Å². The minimum absolute atomic E-state index is 1.03. The minimum atomic E-state index is -1.03. The maximum Gasteiger partial charge on any atom is 0.107 e. The number of unbranched alkanes of at least 4 members (excludes halogenated alkanes) is 5. The smallest absolute Gasteiger partial charge is 0.107 e. The molecule has 0 aromatic heterocycles. The quantitative estimate of drug-likeness (QED) is 0.353. The van der Waals surface area contributed by atoms with Gasteiger partial charge in [-0.2, -0.15) is 0 Å². The summed E-state index contributed by atoms with van der Waals surface area (Å²) in [6.45, 7) is 6.94. The Labute approximate surface area is 84.2 Å². The van der Waals surface area contributed by atoms with E-state index in [1.807, 2.05) is 0 Å². The second-order valence-corrected chi connectivity index (χ2v) is 12.1. The molecule has 0 fully saturated rings. The van der Waals surface area contributed by atoms with E-state index in [1.165, 1.54) is 44.6 Å². The SMILES string of the molecule is CCCCCCCC[Si](C)(C)S. The molecule has 0 aromatic rings. The van der Waals surface area contributed by atoms with E-state index in [-0.39, 0.29) is 0 Å². The average Bonchev–Trinajstić information content (AvgIpc) is 1.94. The third-order valence-corrected chi connectivity index (χ3v) is 4.39. The van der Waals surface area contributed by atoms with Crippen molar-refractivity contribution >= 4 is 19.3 Å². The molecule has 0 N–H and O–H groups in total. The van der Waals surface area contributed by atoms with Crippen molar-refractivity contribution in [2.45, 2.75) is 64.6 Å². The maximum absolute atomic E-state index is 4.64. The summed E-state index contributed by atoms with van der Waals surface area (Å²) in [5, 5.41) is 0. The number of thiol groups is 1. The van der Waals surface area contributed by atoms with Gasteiger partial charge in [-0.15, -0.1) is 0 Å². The summed E-state index contributed by atoms with van der Waals surface area (Å²) in [5.74, 6) is 0. The van der Waals surface area contributed by atoms with Crippen molar-refractivity contribution in [1.29, 1.82) is 0 Å². The lowest BCUT2D eigenvalue weighted by atomic mass is 10.1. The summed E-state index contributed by atoms with van der Waals surface area (Å²) >= 11 is 4.64. The summed E-state index contributed by atoms with van der Waals surface area (Å²) in [5.41, 5.74) is 0. The van der Waals surface area contributed by atoms with E-state index in [2.05, 4.69) is 32.1 Å². The Kier molecular flexibility index (Phi) is 7.35. The Morgan fingerprint density at radius 1 is 0.917 bits per heavy atom. The fourth-order valence-electron chi connectivity index (χ4n) is 1.34. The van der Waals surface area contributed by atoms with Crippen LogP contribution in [0, 0.1) is 0 Å². The van der Waals surface area contributed by atoms with Crippen LogP contribution in [0.5, 0.6) is 0 Å². The molecule has 0 aliphatic carbocycles. The van der Waals surface area contributed by atoms with Gasteiger partial charge in [0.2, 0.25) is 0 Å². The van der Waals surface area contributed by atoms with Crippen LogP contribution >= 0.6 is 12.1 Å². The van der Waals surface area contributed by atoms with Gasteiger partial charge in [0.15, 0.2) is 0 Å². The predicted octanol–water partition coefficient (Wildman–Crippen LogP) is 4.48. The van der Waals surface area contributed by atoms with E-state index in [0.717, 1.165) is 0 Å². The van der Waals surface area contributed by atoms with E-state index in [4.69, 9.17) is 0 Å². The molecule has 0 aromatic carbocycles. The second kappa shape index (κ2) is 7.02. The highest BCUT2D eigenvalue weighted by Crippen LogP contribution is 2.18. The van der Waals surface area contributed by atoms with Gasteiger partial charge in [-0.1, -0.05) is 58.5 Å². The molecule has 0 amide bonds. The number of hydrogen-bond donors (Lipinski definition) is 1. The zero-order chi connectivity index (χ0) is 9.45. The molecule has 0 spiro atoms. The van der Waals surface area contributed by atoms with Gasteiger partial charge in [-0.3, -0.25) is 0 Å². The van der Waals surface area contributed by atoms with E-state index in [0.29, 0.717) is 0 Å². The van der Waals surface area contributed by atoms with Crippen molar-refractivity contribution in [2.75, 3.05) is 0 Å². The third kappa shape index (κ3) is 10.6. The Hall–Kier alpha value is 0.567. The molecule has 0 unspecified atom stereocenters. The molecule has 0 rings (SSSR count). The van der Waals surface area contributed by atoms with Gasteiger partial charge < -0.3 is 0 Å². The van der Waals surface area contributed by atoms with Gasteiger partial charge in [-0.25, -0.2) is 12.1 Å². The van der Waals surface area contributed by atoms with E-state index in [1.54, 1.807) is 0 Å². The number of rotatable bonds is 7. The van der Waals surface area contributed by atoms with Crippen molar-refractivity contribution in [2.24, 2.45) is 0 Å². The lowest BCUT2D eigenvalue weighted by Gasteiger charge is -2.13. The molecule has 0 radical (unpaired) electrons. The molecule has 0 bridgehead atoms. The van der Waals surface area contributed by atoms with Crippen LogP contribution < -0.4 is 0 Å². The van der Waals surface area contributed by atoms with Crippen LogP contribution in [0.1, 0.15) is 45.4 Å². The Bertz CT molecular complexity index is 96.5. The van der Waals surface area contributed by atoms with E-state index in [9.17, 15) is 0 Å². The van der Waals surface area contributed by atoms with Crippen LogP contribution in [-0.2, 0) is 0 Å². The molecule has 2 heteroatoms. The summed E-state index contributed by atoms with van der Waals surface area (Å²) in [6, 6.07) is 1.39. The maximum atomic E-state index is 4.64. The predicted molar refractivity (Wildman–Crippen MR) is 64.7 cm³/mol. The van der Waals surface area contributed by atoms with Gasteiger partial charge in [0, 0.05) is 0 Å². The van der Waals surface area contributed by atoms with Gasteiger partial charge in [-0.05, 0) is 6.04 Å². The van der Waals surface area contributed by atoms with Crippen LogP contribution in [0.3, 0.4) is 0 Å². The van der Waals surface area contributed by atoms with Crippen LogP contribution in [0.25, 0.3) is 0 Å². The summed E-state index contributed by atoms with van der Waals surface area (Å²) < 4.78 is 0. The molecule has 0 saturated heterocycles. The molecule has 12 heavy (non-hydrogen) atoms. The summed E-state index contributed by atoms with van der Waals surface area (Å²) in [6.07, 6.45) is 8.48. The van der Waals surface area contributed by atoms with Crippen LogP contribution in [-0.4, -0.2) is 7.22 Å². The molecular weight excluding hydrogens is 180 g/mol. The Balaban J connectivity index is 3.01. The highest BCUT2D eigenvalue weighted by atomic mass is 32.3. The minimum Gasteiger partial charge on any atom is -0.202 e. The summed E-state index contributed by atoms with van der Waals surface area (Å²) in [4.78, 5) is 0. The highest BCUT2D eigenvalue weighted by molar-refractivity contribution is 8.14. The second-order valence-electron chi connectivity index (χ2n) is 4.33. The fourth-order valence-corrected chi connectivity index (χ4v) is 2.93. The van der Waals surface area contributed by atoms with Crippen LogP contribution in [0.2, 0.25) is 19.1 Å². The van der Waals surface area contributed by atoms with E-state index >= 15 is 0 Å². The first kappa shape index (κ1) is 12.6. The Morgan fingerprint density at radius 3 is 1.92 bits per heavy atom. The van der Waals surface area contributed by atoms with Crippen molar-refractivity contribution in [3.8, 4) is 0 Å². The van der Waals surface area contributed by atoms with Crippen LogP contribution in [0.15, 0.2) is 0 Å². The lowest BCUT2D eigenvalue weighted by Crippen LogP contribution is -2.15.